The fourth-order valence-electron chi connectivity index (χ4n) is 1.38. The molecule has 0 aliphatic rings. The summed E-state index contributed by atoms with van der Waals surface area (Å²) in [4.78, 5) is 0. The molecule has 1 aromatic heterocycles. The number of hydrogen-bond donors (Lipinski definition) is 1. The highest BCUT2D eigenvalue weighted by Gasteiger charge is 2.12. The van der Waals surface area contributed by atoms with Crippen LogP contribution in [0.3, 0.4) is 0 Å². The minimum Gasteiger partial charge on any atom is -0.321 e. The molecule has 2 aromatic rings. The van der Waals surface area contributed by atoms with Crippen molar-refractivity contribution in [1.29, 1.82) is 0 Å². The topological polar surface area (TPSA) is 69.6 Å². The largest absolute Gasteiger partial charge is 0.321 e. The van der Waals surface area contributed by atoms with Crippen LogP contribution in [0.5, 0.6) is 0 Å². The summed E-state index contributed by atoms with van der Waals surface area (Å²) in [5, 5.41) is 11.1. The zero-order valence-electron chi connectivity index (χ0n) is 9.05. The molecule has 0 amide bonds. The van der Waals surface area contributed by atoms with E-state index in [1.807, 2.05) is 0 Å². The van der Waals surface area contributed by atoms with E-state index >= 15 is 0 Å². The second-order valence-electron chi connectivity index (χ2n) is 3.67. The summed E-state index contributed by atoms with van der Waals surface area (Å²) in [6, 6.07) is 4.51. The van der Waals surface area contributed by atoms with E-state index in [0.717, 1.165) is 0 Å². The van der Waals surface area contributed by atoms with Crippen LogP contribution in [0.4, 0.5) is 4.39 Å². The first-order valence-electron chi connectivity index (χ1n) is 4.90. The van der Waals surface area contributed by atoms with Crippen molar-refractivity contribution in [2.24, 2.45) is 5.73 Å². The van der Waals surface area contributed by atoms with Crippen LogP contribution >= 0.6 is 0 Å². The zero-order chi connectivity index (χ0) is 11.7. The van der Waals surface area contributed by atoms with Gasteiger partial charge in [-0.25, -0.2) is 4.39 Å². The molecule has 2 N–H and O–H groups in total. The summed E-state index contributed by atoms with van der Waals surface area (Å²) in [6.07, 6.45) is 0. The van der Waals surface area contributed by atoms with Crippen LogP contribution in [0.2, 0.25) is 0 Å². The Kier molecular flexibility index (Phi) is 2.66. The molecule has 84 valence electrons. The highest BCUT2D eigenvalue weighted by atomic mass is 19.1. The lowest BCUT2D eigenvalue weighted by molar-refractivity contribution is 0.613. The summed E-state index contributed by atoms with van der Waals surface area (Å²) in [5.41, 5.74) is 6.86. The smallest absolute Gasteiger partial charge is 0.173 e. The fraction of sp³-hybridized carbons (Fsp3) is 0.300. The van der Waals surface area contributed by atoms with Gasteiger partial charge in [0.15, 0.2) is 5.82 Å². The molecule has 0 fully saturated rings. The molecule has 16 heavy (non-hydrogen) atoms. The number of aromatic nitrogens is 4. The summed E-state index contributed by atoms with van der Waals surface area (Å²) in [7, 11) is 0. The average Bonchev–Trinajstić information content (AvgIpc) is 2.71. The van der Waals surface area contributed by atoms with Crippen LogP contribution in [0, 0.1) is 12.7 Å². The van der Waals surface area contributed by atoms with Crippen LogP contribution in [0.25, 0.3) is 5.69 Å². The molecule has 1 aromatic carbocycles. The van der Waals surface area contributed by atoms with E-state index in [1.54, 1.807) is 26.0 Å². The summed E-state index contributed by atoms with van der Waals surface area (Å²) >= 11 is 0. The van der Waals surface area contributed by atoms with Gasteiger partial charge >= 0.3 is 0 Å². The van der Waals surface area contributed by atoms with Crippen LogP contribution in [-0.2, 0) is 0 Å². The molecule has 6 heteroatoms. The van der Waals surface area contributed by atoms with E-state index in [0.29, 0.717) is 17.1 Å². The molecule has 0 aliphatic carbocycles. The van der Waals surface area contributed by atoms with E-state index in [9.17, 15) is 4.39 Å². The predicted octanol–water partition coefficient (Wildman–Crippen LogP) is 1.13. The van der Waals surface area contributed by atoms with E-state index in [1.165, 1.54) is 10.7 Å². The van der Waals surface area contributed by atoms with Crippen LogP contribution in [-0.4, -0.2) is 20.2 Å². The van der Waals surface area contributed by atoms with Crippen LogP contribution in [0.1, 0.15) is 24.4 Å². The Morgan fingerprint density at radius 1 is 1.44 bits per heavy atom. The van der Waals surface area contributed by atoms with Crippen molar-refractivity contribution < 1.29 is 4.39 Å². The second-order valence-corrected chi connectivity index (χ2v) is 3.67. The minimum atomic E-state index is -0.306. The quantitative estimate of drug-likeness (QED) is 0.825. The number of halogens is 1. The Labute approximate surface area is 92.1 Å². The van der Waals surface area contributed by atoms with E-state index in [4.69, 9.17) is 5.73 Å². The van der Waals surface area contributed by atoms with E-state index in [-0.39, 0.29) is 11.9 Å². The van der Waals surface area contributed by atoms with Gasteiger partial charge in [0.1, 0.15) is 5.82 Å². The van der Waals surface area contributed by atoms with Crippen molar-refractivity contribution in [1.82, 2.24) is 20.2 Å². The van der Waals surface area contributed by atoms with Gasteiger partial charge in [-0.1, -0.05) is 6.07 Å². The molecular weight excluding hydrogens is 209 g/mol. The monoisotopic (exact) mass is 221 g/mol. The first-order chi connectivity index (χ1) is 7.59. The van der Waals surface area contributed by atoms with E-state index < -0.39 is 0 Å². The SMILES string of the molecule is Cc1ccc(-n2nnnc2C(C)N)cc1F. The predicted molar refractivity (Wildman–Crippen MR) is 56.5 cm³/mol. The molecule has 1 atom stereocenters. The van der Waals surface area contributed by atoms with Crippen molar-refractivity contribution in [3.63, 3.8) is 0 Å². The van der Waals surface area contributed by atoms with Gasteiger partial charge in [-0.3, -0.25) is 0 Å². The van der Waals surface area contributed by atoms with Gasteiger partial charge in [0.25, 0.3) is 0 Å². The minimum absolute atomic E-state index is 0.288. The maximum absolute atomic E-state index is 13.4. The van der Waals surface area contributed by atoms with Crippen molar-refractivity contribution >= 4 is 0 Å². The molecule has 1 heterocycles. The Balaban J connectivity index is 2.50. The Bertz CT molecular complexity index is 506. The normalized spacial score (nSPS) is 12.8. The van der Waals surface area contributed by atoms with Gasteiger partial charge in [-0.05, 0) is 42.0 Å². The lowest BCUT2D eigenvalue weighted by Crippen LogP contribution is -2.13. The second kappa shape index (κ2) is 3.97. The van der Waals surface area contributed by atoms with Crippen molar-refractivity contribution in [2.45, 2.75) is 19.9 Å². The van der Waals surface area contributed by atoms with Gasteiger partial charge < -0.3 is 5.73 Å². The lowest BCUT2D eigenvalue weighted by Gasteiger charge is -2.07. The third-order valence-electron chi connectivity index (χ3n) is 2.30. The third kappa shape index (κ3) is 1.79. The maximum atomic E-state index is 13.4. The third-order valence-corrected chi connectivity index (χ3v) is 2.30. The van der Waals surface area contributed by atoms with Gasteiger partial charge in [0.2, 0.25) is 0 Å². The highest BCUT2D eigenvalue weighted by molar-refractivity contribution is 5.35. The Morgan fingerprint density at radius 2 is 2.19 bits per heavy atom. The number of tetrazole rings is 1. The molecule has 1 unspecified atom stereocenters. The zero-order valence-corrected chi connectivity index (χ0v) is 9.05. The fourth-order valence-corrected chi connectivity index (χ4v) is 1.38. The summed E-state index contributed by atoms with van der Waals surface area (Å²) in [5.74, 6) is 0.215. The molecule has 0 saturated carbocycles. The Morgan fingerprint density at radius 3 is 2.81 bits per heavy atom. The standard InChI is InChI=1S/C10H12FN5/c1-6-3-4-8(5-9(6)11)16-10(7(2)12)13-14-15-16/h3-5,7H,12H2,1-2H3. The number of aryl methyl sites for hydroxylation is 1. The lowest BCUT2D eigenvalue weighted by atomic mass is 10.2. The number of nitrogens with zero attached hydrogens (tertiary/aromatic N) is 4. The van der Waals surface area contributed by atoms with Crippen molar-refractivity contribution in [2.75, 3.05) is 0 Å². The van der Waals surface area contributed by atoms with E-state index in [2.05, 4.69) is 15.5 Å². The number of rotatable bonds is 2. The molecule has 5 nitrogen and oxygen atoms in total. The Hall–Kier alpha value is -1.82. The van der Waals surface area contributed by atoms with Crippen LogP contribution < -0.4 is 5.73 Å². The molecular formula is C10H12FN5. The molecule has 2 rings (SSSR count). The maximum Gasteiger partial charge on any atom is 0.173 e. The number of benzene rings is 1. The highest BCUT2D eigenvalue weighted by Crippen LogP contribution is 2.15. The number of hydrogen-bond acceptors (Lipinski definition) is 4. The molecule has 0 spiro atoms. The van der Waals surface area contributed by atoms with Gasteiger partial charge in [-0.2, -0.15) is 4.68 Å². The van der Waals surface area contributed by atoms with Crippen molar-refractivity contribution in [3.8, 4) is 5.69 Å². The molecule has 0 aliphatic heterocycles. The summed E-state index contributed by atoms with van der Waals surface area (Å²) < 4.78 is 14.8. The molecule has 0 bridgehead atoms. The molecule has 0 radical (unpaired) electrons. The average molecular weight is 221 g/mol. The first kappa shape index (κ1) is 10.7. The molecule has 0 saturated heterocycles. The van der Waals surface area contributed by atoms with Gasteiger partial charge in [-0.15, -0.1) is 5.10 Å². The van der Waals surface area contributed by atoms with Gasteiger partial charge in [0.05, 0.1) is 11.7 Å². The first-order valence-corrected chi connectivity index (χ1v) is 4.90. The number of nitrogens with two attached hydrogens (primary N) is 1. The summed E-state index contributed by atoms with van der Waals surface area (Å²) in [6.45, 7) is 3.47. The van der Waals surface area contributed by atoms with Crippen molar-refractivity contribution in [3.05, 3.63) is 35.4 Å². The van der Waals surface area contributed by atoms with Crippen LogP contribution in [0.15, 0.2) is 18.2 Å². The van der Waals surface area contributed by atoms with Gasteiger partial charge in [0, 0.05) is 0 Å².